The molecule has 134 valence electrons. The van der Waals surface area contributed by atoms with Crippen LogP contribution in [0.2, 0.25) is 0 Å². The van der Waals surface area contributed by atoms with Gasteiger partial charge in [-0.2, -0.15) is 0 Å². The van der Waals surface area contributed by atoms with Crippen LogP contribution in [0.3, 0.4) is 0 Å². The SMILES string of the molecule is CCCOCc1ccccc1CNC(=O)c1ccccc1S(C)(=O)=O. The molecule has 0 radical (unpaired) electrons. The molecule has 0 heterocycles. The van der Waals surface area contributed by atoms with Crippen molar-refractivity contribution in [1.29, 1.82) is 0 Å². The van der Waals surface area contributed by atoms with E-state index in [1.54, 1.807) is 12.1 Å². The molecule has 2 aromatic carbocycles. The topological polar surface area (TPSA) is 72.5 Å². The van der Waals surface area contributed by atoms with E-state index < -0.39 is 15.7 Å². The Morgan fingerprint density at radius 3 is 2.36 bits per heavy atom. The Morgan fingerprint density at radius 1 is 1.04 bits per heavy atom. The molecule has 0 saturated heterocycles. The van der Waals surface area contributed by atoms with Crippen LogP contribution in [-0.4, -0.2) is 27.2 Å². The fourth-order valence-corrected chi connectivity index (χ4v) is 3.33. The second-order valence-electron chi connectivity index (χ2n) is 5.77. The Balaban J connectivity index is 2.11. The van der Waals surface area contributed by atoms with E-state index in [0.29, 0.717) is 19.8 Å². The van der Waals surface area contributed by atoms with Crippen molar-refractivity contribution < 1.29 is 17.9 Å². The number of nitrogens with one attached hydrogen (secondary N) is 1. The molecule has 0 bridgehead atoms. The molecule has 0 fully saturated rings. The summed E-state index contributed by atoms with van der Waals surface area (Å²) in [6, 6.07) is 13.9. The Kier molecular flexibility index (Phi) is 6.73. The van der Waals surface area contributed by atoms with Crippen LogP contribution in [0.15, 0.2) is 53.4 Å². The van der Waals surface area contributed by atoms with Gasteiger partial charge in [-0.3, -0.25) is 4.79 Å². The average Bonchev–Trinajstić information content (AvgIpc) is 2.60. The van der Waals surface area contributed by atoms with Gasteiger partial charge in [-0.15, -0.1) is 0 Å². The number of amides is 1. The summed E-state index contributed by atoms with van der Waals surface area (Å²) in [6.07, 6.45) is 2.04. The van der Waals surface area contributed by atoms with Gasteiger partial charge in [0.15, 0.2) is 9.84 Å². The van der Waals surface area contributed by atoms with Crippen LogP contribution in [0, 0.1) is 0 Å². The van der Waals surface area contributed by atoms with Crippen LogP contribution in [0.25, 0.3) is 0 Å². The molecule has 0 saturated carbocycles. The fourth-order valence-electron chi connectivity index (χ4n) is 2.45. The Hall–Kier alpha value is -2.18. The third kappa shape index (κ3) is 5.41. The Morgan fingerprint density at radius 2 is 1.68 bits per heavy atom. The maximum absolute atomic E-state index is 12.5. The van der Waals surface area contributed by atoms with Crippen molar-refractivity contribution in [2.75, 3.05) is 12.9 Å². The molecule has 0 aromatic heterocycles. The summed E-state index contributed by atoms with van der Waals surface area (Å²) >= 11 is 0. The van der Waals surface area contributed by atoms with Gasteiger partial charge in [0, 0.05) is 19.4 Å². The number of hydrogen-bond acceptors (Lipinski definition) is 4. The second-order valence-corrected chi connectivity index (χ2v) is 7.76. The molecule has 5 nitrogen and oxygen atoms in total. The number of carbonyl (C=O) groups is 1. The van der Waals surface area contributed by atoms with E-state index in [4.69, 9.17) is 4.74 Å². The van der Waals surface area contributed by atoms with Gasteiger partial charge in [-0.25, -0.2) is 8.42 Å². The summed E-state index contributed by atoms with van der Waals surface area (Å²) in [5, 5.41) is 2.80. The molecule has 25 heavy (non-hydrogen) atoms. The summed E-state index contributed by atoms with van der Waals surface area (Å²) in [5.74, 6) is -0.412. The minimum atomic E-state index is -3.47. The molecule has 0 spiro atoms. The molecule has 0 aliphatic rings. The summed E-state index contributed by atoms with van der Waals surface area (Å²) < 4.78 is 29.2. The zero-order chi connectivity index (χ0) is 18.3. The summed E-state index contributed by atoms with van der Waals surface area (Å²) in [5.41, 5.74) is 2.11. The first-order valence-electron chi connectivity index (χ1n) is 8.15. The lowest BCUT2D eigenvalue weighted by Gasteiger charge is -2.12. The smallest absolute Gasteiger partial charge is 0.252 e. The molecule has 0 aliphatic heterocycles. The van der Waals surface area contributed by atoms with Gasteiger partial charge in [-0.1, -0.05) is 43.3 Å². The lowest BCUT2D eigenvalue weighted by molar-refractivity contribution is 0.0946. The molecular formula is C19H23NO4S. The first-order chi connectivity index (χ1) is 11.9. The molecule has 1 N–H and O–H groups in total. The minimum absolute atomic E-state index is 0.0343. The van der Waals surface area contributed by atoms with Gasteiger partial charge in [0.25, 0.3) is 5.91 Å². The van der Waals surface area contributed by atoms with Crippen LogP contribution >= 0.6 is 0 Å². The van der Waals surface area contributed by atoms with Gasteiger partial charge in [-0.05, 0) is 29.7 Å². The van der Waals surface area contributed by atoms with E-state index in [1.165, 1.54) is 12.1 Å². The van der Waals surface area contributed by atoms with Crippen LogP contribution < -0.4 is 5.32 Å². The van der Waals surface area contributed by atoms with Gasteiger partial charge in [0.1, 0.15) is 0 Å². The lowest BCUT2D eigenvalue weighted by Crippen LogP contribution is -2.25. The number of hydrogen-bond donors (Lipinski definition) is 1. The highest BCUT2D eigenvalue weighted by molar-refractivity contribution is 7.90. The van der Waals surface area contributed by atoms with E-state index in [-0.39, 0.29) is 10.5 Å². The van der Waals surface area contributed by atoms with Crippen LogP contribution in [0.1, 0.15) is 34.8 Å². The number of carbonyl (C=O) groups excluding carboxylic acids is 1. The van der Waals surface area contributed by atoms with E-state index in [0.717, 1.165) is 23.8 Å². The molecule has 2 rings (SSSR count). The third-order valence-corrected chi connectivity index (χ3v) is 4.85. The number of ether oxygens (including phenoxy) is 1. The minimum Gasteiger partial charge on any atom is -0.377 e. The predicted octanol–water partition coefficient (Wildman–Crippen LogP) is 2.95. The molecular weight excluding hydrogens is 338 g/mol. The molecule has 0 atom stereocenters. The summed E-state index contributed by atoms with van der Waals surface area (Å²) in [4.78, 5) is 12.5. The first-order valence-corrected chi connectivity index (χ1v) is 10.0. The highest BCUT2D eigenvalue weighted by atomic mass is 32.2. The van der Waals surface area contributed by atoms with Crippen molar-refractivity contribution in [2.24, 2.45) is 0 Å². The van der Waals surface area contributed by atoms with Gasteiger partial charge in [0.2, 0.25) is 0 Å². The van der Waals surface area contributed by atoms with Crippen molar-refractivity contribution in [1.82, 2.24) is 5.32 Å². The highest BCUT2D eigenvalue weighted by Crippen LogP contribution is 2.16. The molecule has 0 unspecified atom stereocenters. The maximum Gasteiger partial charge on any atom is 0.252 e. The zero-order valence-corrected chi connectivity index (χ0v) is 15.3. The van der Waals surface area contributed by atoms with Crippen LogP contribution in [0.4, 0.5) is 0 Å². The van der Waals surface area contributed by atoms with Gasteiger partial charge < -0.3 is 10.1 Å². The Labute approximate surface area is 148 Å². The highest BCUT2D eigenvalue weighted by Gasteiger charge is 2.18. The largest absolute Gasteiger partial charge is 0.377 e. The second kappa shape index (κ2) is 8.78. The van der Waals surface area contributed by atoms with E-state index >= 15 is 0 Å². The summed E-state index contributed by atoms with van der Waals surface area (Å²) in [7, 11) is -3.47. The molecule has 6 heteroatoms. The van der Waals surface area contributed by atoms with Crippen LogP contribution in [-0.2, 0) is 27.7 Å². The predicted molar refractivity (Wildman–Crippen MR) is 97.1 cm³/mol. The quantitative estimate of drug-likeness (QED) is 0.734. The Bertz CT molecular complexity index is 831. The van der Waals surface area contributed by atoms with E-state index in [1.807, 2.05) is 31.2 Å². The number of rotatable bonds is 8. The van der Waals surface area contributed by atoms with Crippen LogP contribution in [0.5, 0.6) is 0 Å². The molecule has 0 aliphatic carbocycles. The van der Waals surface area contributed by atoms with E-state index in [2.05, 4.69) is 5.32 Å². The lowest BCUT2D eigenvalue weighted by atomic mass is 10.1. The first kappa shape index (κ1) is 19.1. The number of benzene rings is 2. The monoisotopic (exact) mass is 361 g/mol. The van der Waals surface area contributed by atoms with Crippen molar-refractivity contribution in [3.63, 3.8) is 0 Å². The maximum atomic E-state index is 12.5. The van der Waals surface area contributed by atoms with Crippen molar-refractivity contribution >= 4 is 15.7 Å². The van der Waals surface area contributed by atoms with E-state index in [9.17, 15) is 13.2 Å². The molecule has 1 amide bonds. The van der Waals surface area contributed by atoms with Gasteiger partial charge in [0.05, 0.1) is 17.1 Å². The third-order valence-electron chi connectivity index (χ3n) is 3.69. The van der Waals surface area contributed by atoms with Crippen molar-refractivity contribution in [3.05, 3.63) is 65.2 Å². The average molecular weight is 361 g/mol. The molecule has 2 aromatic rings. The van der Waals surface area contributed by atoms with Gasteiger partial charge >= 0.3 is 0 Å². The summed E-state index contributed by atoms with van der Waals surface area (Å²) in [6.45, 7) is 3.52. The van der Waals surface area contributed by atoms with Crippen molar-refractivity contribution in [3.8, 4) is 0 Å². The standard InChI is InChI=1S/C19H23NO4S/c1-3-12-24-14-16-9-5-4-8-15(16)13-20-19(21)17-10-6-7-11-18(17)25(2,22)23/h4-11H,3,12-14H2,1-2H3,(H,20,21). The van der Waals surface area contributed by atoms with Crippen molar-refractivity contribution in [2.45, 2.75) is 31.4 Å². The fraction of sp³-hybridized carbons (Fsp3) is 0.316. The number of sulfone groups is 1. The normalized spacial score (nSPS) is 11.3. The zero-order valence-electron chi connectivity index (χ0n) is 14.5.